The number of likely N-dealkylation sites (N-methyl/N-ethyl adjacent to an activating group) is 1. The van der Waals surface area contributed by atoms with Crippen LogP contribution in [0.4, 0.5) is 5.69 Å². The van der Waals surface area contributed by atoms with Gasteiger partial charge in [0, 0.05) is 35.6 Å². The number of rotatable bonds is 5. The van der Waals surface area contributed by atoms with E-state index >= 15 is 0 Å². The van der Waals surface area contributed by atoms with Crippen LogP contribution in [0.3, 0.4) is 0 Å². The maximum Gasteiger partial charge on any atom is 0.196 e. The summed E-state index contributed by atoms with van der Waals surface area (Å²) in [7, 11) is 2.02. The van der Waals surface area contributed by atoms with Crippen molar-refractivity contribution in [2.24, 2.45) is 0 Å². The van der Waals surface area contributed by atoms with Gasteiger partial charge >= 0.3 is 0 Å². The van der Waals surface area contributed by atoms with Gasteiger partial charge in [-0.15, -0.1) is 10.2 Å². The fourth-order valence-electron chi connectivity index (χ4n) is 3.80. The zero-order valence-corrected chi connectivity index (χ0v) is 17.9. The van der Waals surface area contributed by atoms with Crippen molar-refractivity contribution in [3.05, 3.63) is 78.3 Å². The Hall–Kier alpha value is -2.86. The van der Waals surface area contributed by atoms with Crippen LogP contribution >= 0.6 is 11.8 Å². The van der Waals surface area contributed by atoms with Gasteiger partial charge in [0.05, 0.1) is 5.25 Å². The number of nitrogens with zero attached hydrogens (tertiary/aromatic N) is 4. The van der Waals surface area contributed by atoms with E-state index in [9.17, 15) is 4.79 Å². The second kappa shape index (κ2) is 7.52. The summed E-state index contributed by atoms with van der Waals surface area (Å²) >= 11 is 1.43. The molecule has 0 aliphatic carbocycles. The minimum absolute atomic E-state index is 0.0698. The normalized spacial score (nSPS) is 17.4. The largest absolute Gasteiger partial charge is 0.347 e. The number of thioether (sulfide) groups is 1. The van der Waals surface area contributed by atoms with E-state index in [0.29, 0.717) is 5.16 Å². The number of para-hydroxylation sites is 2. The fraction of sp³-hybridized carbons (Fsp3) is 0.261. The van der Waals surface area contributed by atoms with Crippen LogP contribution in [0.5, 0.6) is 0 Å². The summed E-state index contributed by atoms with van der Waals surface area (Å²) < 4.78 is 1.91. The standard InChI is InChI=1S/C23H24N4OS/c1-16(29-22-25-24-15-27(22)17-10-6-5-7-11-17)20(28)14-21-23(2,3)18-12-8-9-13-19(18)26(21)4/h5-16H,1-4H3/b21-14-/t16-/m1/s1. The summed E-state index contributed by atoms with van der Waals surface area (Å²) in [6.45, 7) is 6.25. The molecule has 148 valence electrons. The first-order valence-electron chi connectivity index (χ1n) is 9.61. The van der Waals surface area contributed by atoms with Crippen molar-refractivity contribution >= 4 is 23.2 Å². The highest BCUT2D eigenvalue weighted by molar-refractivity contribution is 8.00. The number of ketones is 1. The number of allylic oxidation sites excluding steroid dienone is 2. The summed E-state index contributed by atoms with van der Waals surface area (Å²) in [5.41, 5.74) is 4.17. The van der Waals surface area contributed by atoms with Gasteiger partial charge in [-0.1, -0.05) is 62.0 Å². The lowest BCUT2D eigenvalue weighted by Crippen LogP contribution is -2.25. The highest BCUT2D eigenvalue weighted by Crippen LogP contribution is 2.46. The lowest BCUT2D eigenvalue weighted by molar-refractivity contribution is -0.114. The SMILES string of the molecule is C[C@@H](Sc1nncn1-c1ccccc1)C(=O)/C=C1\N(C)c2ccccc2C1(C)C. The predicted octanol–water partition coefficient (Wildman–Crippen LogP) is 4.63. The van der Waals surface area contributed by atoms with Crippen LogP contribution in [0.15, 0.2) is 77.9 Å². The lowest BCUT2D eigenvalue weighted by atomic mass is 9.83. The van der Waals surface area contributed by atoms with Crippen molar-refractivity contribution in [1.29, 1.82) is 0 Å². The average Bonchev–Trinajstić information content (AvgIpc) is 3.26. The molecule has 29 heavy (non-hydrogen) atoms. The number of anilines is 1. The summed E-state index contributed by atoms with van der Waals surface area (Å²) in [4.78, 5) is 15.2. The third kappa shape index (κ3) is 3.49. The van der Waals surface area contributed by atoms with Crippen LogP contribution in [-0.4, -0.2) is 32.8 Å². The minimum Gasteiger partial charge on any atom is -0.347 e. The molecule has 6 heteroatoms. The smallest absolute Gasteiger partial charge is 0.196 e. The molecule has 4 rings (SSSR count). The zero-order chi connectivity index (χ0) is 20.6. The molecule has 0 amide bonds. The number of benzene rings is 2. The van der Waals surface area contributed by atoms with E-state index in [-0.39, 0.29) is 16.4 Å². The zero-order valence-electron chi connectivity index (χ0n) is 17.0. The molecule has 3 aromatic rings. The van der Waals surface area contributed by atoms with Gasteiger partial charge in [0.15, 0.2) is 10.9 Å². The molecule has 2 aromatic carbocycles. The van der Waals surface area contributed by atoms with Crippen molar-refractivity contribution in [2.45, 2.75) is 36.6 Å². The van der Waals surface area contributed by atoms with Gasteiger partial charge in [0.1, 0.15) is 6.33 Å². The Morgan fingerprint density at radius 2 is 1.79 bits per heavy atom. The Balaban J connectivity index is 1.57. The number of hydrogen-bond donors (Lipinski definition) is 0. The summed E-state index contributed by atoms with van der Waals surface area (Å²) in [6, 6.07) is 18.2. The van der Waals surface area contributed by atoms with Crippen molar-refractivity contribution in [3.8, 4) is 5.69 Å². The Morgan fingerprint density at radius 3 is 2.52 bits per heavy atom. The summed E-state index contributed by atoms with van der Waals surface area (Å²) in [5.74, 6) is 0.0698. The second-order valence-corrected chi connectivity index (χ2v) is 9.02. The highest BCUT2D eigenvalue weighted by Gasteiger charge is 2.38. The second-order valence-electron chi connectivity index (χ2n) is 7.71. The number of carbonyl (C=O) groups excluding carboxylic acids is 1. The third-order valence-electron chi connectivity index (χ3n) is 5.45. The highest BCUT2D eigenvalue weighted by atomic mass is 32.2. The molecule has 1 atom stereocenters. The van der Waals surface area contributed by atoms with Crippen LogP contribution in [0.25, 0.3) is 5.69 Å². The van der Waals surface area contributed by atoms with Gasteiger partial charge < -0.3 is 4.90 Å². The number of fused-ring (bicyclic) bond motifs is 1. The van der Waals surface area contributed by atoms with Crippen LogP contribution in [-0.2, 0) is 10.2 Å². The molecule has 1 aromatic heterocycles. The van der Waals surface area contributed by atoms with E-state index in [2.05, 4.69) is 41.1 Å². The van der Waals surface area contributed by atoms with Crippen LogP contribution in [0.2, 0.25) is 0 Å². The molecule has 0 fully saturated rings. The molecule has 0 saturated carbocycles. The Bertz CT molecular complexity index is 1070. The molecule has 0 spiro atoms. The van der Waals surface area contributed by atoms with E-state index in [1.807, 2.05) is 61.0 Å². The van der Waals surface area contributed by atoms with Gasteiger partial charge in [-0.05, 0) is 30.7 Å². The first-order chi connectivity index (χ1) is 13.9. The summed E-state index contributed by atoms with van der Waals surface area (Å²) in [5, 5.41) is 8.68. The summed E-state index contributed by atoms with van der Waals surface area (Å²) in [6.07, 6.45) is 3.47. The molecule has 0 unspecified atom stereocenters. The molecular weight excluding hydrogens is 380 g/mol. The van der Waals surface area contributed by atoms with E-state index in [1.54, 1.807) is 12.4 Å². The van der Waals surface area contributed by atoms with Crippen LogP contribution in [0.1, 0.15) is 26.3 Å². The van der Waals surface area contributed by atoms with Gasteiger partial charge in [0.25, 0.3) is 0 Å². The van der Waals surface area contributed by atoms with Gasteiger partial charge in [-0.25, -0.2) is 0 Å². The fourth-order valence-corrected chi connectivity index (χ4v) is 4.66. The first-order valence-corrected chi connectivity index (χ1v) is 10.5. The lowest BCUT2D eigenvalue weighted by Gasteiger charge is -2.24. The predicted molar refractivity (Wildman–Crippen MR) is 118 cm³/mol. The number of aromatic nitrogens is 3. The van der Waals surface area contributed by atoms with Gasteiger partial charge in [-0.2, -0.15) is 0 Å². The Kier molecular flexibility index (Phi) is 5.04. The average molecular weight is 405 g/mol. The van der Waals surface area contributed by atoms with Crippen molar-refractivity contribution in [3.63, 3.8) is 0 Å². The monoisotopic (exact) mass is 404 g/mol. The van der Waals surface area contributed by atoms with E-state index in [1.165, 1.54) is 17.3 Å². The molecule has 2 heterocycles. The Labute approximate surface area is 175 Å². The molecule has 1 aliphatic rings. The number of hydrogen-bond acceptors (Lipinski definition) is 5. The maximum atomic E-state index is 13.1. The van der Waals surface area contributed by atoms with E-state index in [4.69, 9.17) is 0 Å². The molecule has 0 N–H and O–H groups in total. The van der Waals surface area contributed by atoms with Crippen LogP contribution in [0, 0.1) is 0 Å². The quantitative estimate of drug-likeness (QED) is 0.458. The maximum absolute atomic E-state index is 13.1. The molecule has 0 saturated heterocycles. The molecular formula is C23H24N4OS. The van der Waals surface area contributed by atoms with Gasteiger partial charge in [-0.3, -0.25) is 9.36 Å². The molecule has 1 aliphatic heterocycles. The molecule has 0 radical (unpaired) electrons. The van der Waals surface area contributed by atoms with Crippen molar-refractivity contribution in [1.82, 2.24) is 14.8 Å². The van der Waals surface area contributed by atoms with E-state index < -0.39 is 0 Å². The molecule has 5 nitrogen and oxygen atoms in total. The number of carbonyl (C=O) groups is 1. The Morgan fingerprint density at radius 1 is 1.10 bits per heavy atom. The van der Waals surface area contributed by atoms with Crippen molar-refractivity contribution < 1.29 is 4.79 Å². The van der Waals surface area contributed by atoms with Gasteiger partial charge in [0.2, 0.25) is 0 Å². The van der Waals surface area contributed by atoms with Crippen LogP contribution < -0.4 is 4.90 Å². The minimum atomic E-state index is -0.276. The first kappa shape index (κ1) is 19.5. The third-order valence-corrected chi connectivity index (χ3v) is 6.53. The molecule has 0 bridgehead atoms. The van der Waals surface area contributed by atoms with E-state index in [0.717, 1.165) is 17.1 Å². The topological polar surface area (TPSA) is 51.0 Å². The van der Waals surface area contributed by atoms with Crippen molar-refractivity contribution in [2.75, 3.05) is 11.9 Å².